The Balaban J connectivity index is 0.0000000944. The molecule has 20 aromatic carbocycles. The summed E-state index contributed by atoms with van der Waals surface area (Å²) in [5.74, 6) is 0. The van der Waals surface area contributed by atoms with E-state index in [4.69, 9.17) is 0 Å². The van der Waals surface area contributed by atoms with E-state index in [1.54, 1.807) is 0 Å². The average molecular weight is 1230 g/mol. The molecule has 0 heterocycles. The zero-order valence-corrected chi connectivity index (χ0v) is 56.6. The highest BCUT2D eigenvalue weighted by Crippen LogP contribution is 2.42. The van der Waals surface area contributed by atoms with Crippen LogP contribution in [0.4, 0.5) is 0 Å². The fraction of sp³-hybridized carbons (Fsp3) is 0.104. The molecule has 0 fully saturated rings. The molecule has 0 radical (unpaired) electrons. The van der Waals surface area contributed by atoms with Gasteiger partial charge < -0.3 is 0 Å². The third-order valence-electron chi connectivity index (χ3n) is 20.5. The molecule has 0 amide bonds. The van der Waals surface area contributed by atoms with E-state index in [1.165, 1.54) is 217 Å². The molecule has 0 atom stereocenters. The number of benzene rings is 20. The molecular formula is C96H76. The minimum Gasteiger partial charge on any atom is -0.0616 e. The summed E-state index contributed by atoms with van der Waals surface area (Å²) in [5.41, 5.74) is 13.3. The van der Waals surface area contributed by atoms with Crippen molar-refractivity contribution in [3.8, 4) is 0 Å². The van der Waals surface area contributed by atoms with Gasteiger partial charge in [0.1, 0.15) is 0 Å². The predicted molar refractivity (Wildman–Crippen MR) is 425 cm³/mol. The molecule has 0 saturated carbocycles. The van der Waals surface area contributed by atoms with Crippen molar-refractivity contribution in [2.24, 2.45) is 0 Å². The van der Waals surface area contributed by atoms with Crippen LogP contribution in [-0.4, -0.2) is 0 Å². The second-order valence-electron chi connectivity index (χ2n) is 27.3. The number of aryl methyl sites for hydroxylation is 10. The third-order valence-corrected chi connectivity index (χ3v) is 20.5. The Bertz CT molecular complexity index is 5980. The van der Waals surface area contributed by atoms with Crippen molar-refractivity contribution < 1.29 is 0 Å². The summed E-state index contributed by atoms with van der Waals surface area (Å²) in [7, 11) is 0. The van der Waals surface area contributed by atoms with Gasteiger partial charge in [0.15, 0.2) is 0 Å². The van der Waals surface area contributed by atoms with Crippen LogP contribution in [0, 0.1) is 69.2 Å². The third kappa shape index (κ3) is 10.3. The largest absolute Gasteiger partial charge is 0.0616 e. The van der Waals surface area contributed by atoms with E-state index in [2.05, 4.69) is 348 Å². The molecule has 0 aliphatic carbocycles. The van der Waals surface area contributed by atoms with Crippen LogP contribution in [-0.2, 0) is 0 Å². The van der Waals surface area contributed by atoms with Crippen LogP contribution in [0.2, 0.25) is 0 Å². The first-order valence-corrected chi connectivity index (χ1v) is 33.9. The second kappa shape index (κ2) is 24.0. The van der Waals surface area contributed by atoms with Gasteiger partial charge in [-0.2, -0.15) is 0 Å². The highest BCUT2D eigenvalue weighted by molar-refractivity contribution is 6.30. The van der Waals surface area contributed by atoms with E-state index >= 15 is 0 Å². The average Bonchev–Trinajstić information content (AvgIpc) is 0.766. The topological polar surface area (TPSA) is 0 Å². The van der Waals surface area contributed by atoms with Crippen LogP contribution >= 0.6 is 0 Å². The van der Waals surface area contributed by atoms with Gasteiger partial charge in [-0.1, -0.05) is 301 Å². The van der Waals surface area contributed by atoms with Crippen LogP contribution in [0.5, 0.6) is 0 Å². The van der Waals surface area contributed by atoms with Crippen LogP contribution in [0.15, 0.2) is 279 Å². The maximum absolute atomic E-state index is 2.31. The molecule has 0 aliphatic rings. The molecule has 0 aromatic heterocycles. The van der Waals surface area contributed by atoms with Gasteiger partial charge in [0.05, 0.1) is 0 Å². The molecule has 0 aliphatic heterocycles. The van der Waals surface area contributed by atoms with Crippen molar-refractivity contribution >= 4 is 162 Å². The summed E-state index contributed by atoms with van der Waals surface area (Å²) in [6, 6.07) is 103. The predicted octanol–water partition coefficient (Wildman–Crippen LogP) is 27.7. The molecule has 0 unspecified atom stereocenters. The molecule has 0 saturated heterocycles. The normalized spacial score (nSPS) is 11.6. The van der Waals surface area contributed by atoms with Crippen molar-refractivity contribution in [2.45, 2.75) is 69.2 Å². The number of hydrogen-bond donors (Lipinski definition) is 0. The quantitative estimate of drug-likeness (QED) is 0.133. The minimum atomic E-state index is 1.31. The highest BCUT2D eigenvalue weighted by atomic mass is 14.2. The van der Waals surface area contributed by atoms with Crippen molar-refractivity contribution in [3.05, 3.63) is 335 Å². The SMILES string of the molecule is Cc1cc2ccc3cc(C)cc4ccc(c1)c2c34.Cc1ccc(C)c2c3ccccc3c3ccccc3c12.Cc1ccc2c3ccc(C)cc3c3ccccc3c2c1.Cc1ccc2c3ccccc3c3ccc(C)cc3c2c1.Cc1ccc2ccc3c(C)ccc4ccc1c2c43. The molecular weight excluding hydrogens is 1150 g/mol. The van der Waals surface area contributed by atoms with Gasteiger partial charge in [-0.3, -0.25) is 0 Å². The van der Waals surface area contributed by atoms with E-state index in [1.807, 2.05) is 0 Å². The first kappa shape index (κ1) is 59.8. The minimum absolute atomic E-state index is 1.31. The molecule has 0 spiro atoms. The summed E-state index contributed by atoms with van der Waals surface area (Å²) in [6.45, 7) is 21.8. The summed E-state index contributed by atoms with van der Waals surface area (Å²) >= 11 is 0. The lowest BCUT2D eigenvalue weighted by Crippen LogP contribution is -1.88. The van der Waals surface area contributed by atoms with Gasteiger partial charge >= 0.3 is 0 Å². The molecule has 96 heavy (non-hydrogen) atoms. The van der Waals surface area contributed by atoms with E-state index < -0.39 is 0 Å². The second-order valence-corrected chi connectivity index (χ2v) is 27.3. The van der Waals surface area contributed by atoms with Crippen LogP contribution < -0.4 is 0 Å². The zero-order chi connectivity index (χ0) is 65.6. The maximum atomic E-state index is 2.31. The van der Waals surface area contributed by atoms with Gasteiger partial charge in [0.25, 0.3) is 0 Å². The number of hydrogen-bond acceptors (Lipinski definition) is 0. The smallest absolute Gasteiger partial charge is 0.00240 e. The monoisotopic (exact) mass is 1230 g/mol. The first-order valence-electron chi connectivity index (χ1n) is 33.9. The fourth-order valence-electron chi connectivity index (χ4n) is 16.0. The molecule has 20 aromatic rings. The number of fused-ring (bicyclic) bond motifs is 18. The highest BCUT2D eigenvalue weighted by Gasteiger charge is 2.15. The maximum Gasteiger partial charge on any atom is -0.00240 e. The van der Waals surface area contributed by atoms with E-state index in [-0.39, 0.29) is 0 Å². The Morgan fingerprint density at radius 3 is 0.656 bits per heavy atom. The zero-order valence-electron chi connectivity index (χ0n) is 56.6. The van der Waals surface area contributed by atoms with E-state index in [0.29, 0.717) is 0 Å². The van der Waals surface area contributed by atoms with E-state index in [0.717, 1.165) is 0 Å². The Labute approximate surface area is 562 Å². The molecule has 460 valence electrons. The molecule has 0 bridgehead atoms. The van der Waals surface area contributed by atoms with Gasteiger partial charge in [-0.15, -0.1) is 0 Å². The summed E-state index contributed by atoms with van der Waals surface area (Å²) in [4.78, 5) is 0. The lowest BCUT2D eigenvalue weighted by molar-refractivity contribution is 1.48. The van der Waals surface area contributed by atoms with Crippen LogP contribution in [0.3, 0.4) is 0 Å². The standard InChI is InChI=1S/3C20H16.2C18H14/c1-13-11-12-14(2)20-18-10-6-4-8-16(18)15-7-3-5-9-17(15)19(13)20;1-13-7-9-17-18-10-8-14(2)12-20(18)16-6-4-3-5-15(16)19(17)11-13;1-13-7-9-17-15-5-3-4-6-16(15)18-10-8-14(2)12-20(18)19(17)11-13;1-11-7-13-3-5-15-9-12(2)10-16-6-4-14(8-11)17(13)18(15)16;1-11-3-5-13-8-10-16-12(2)4-6-14-7-9-15(11)17(13)18(14)16/h3*3-12H,1-2H3;2*3-10H,1-2H3. The van der Waals surface area contributed by atoms with Gasteiger partial charge in [0, 0.05) is 0 Å². The lowest BCUT2D eigenvalue weighted by Gasteiger charge is -2.14. The van der Waals surface area contributed by atoms with Crippen molar-refractivity contribution in [3.63, 3.8) is 0 Å². The Kier molecular flexibility index (Phi) is 14.9. The Hall–Kier alpha value is -11.2. The summed E-state index contributed by atoms with van der Waals surface area (Å²) < 4.78 is 0. The fourth-order valence-corrected chi connectivity index (χ4v) is 16.0. The van der Waals surface area contributed by atoms with Crippen LogP contribution in [0.25, 0.3) is 162 Å². The summed E-state index contributed by atoms with van der Waals surface area (Å²) in [5, 5.41) is 41.0. The van der Waals surface area contributed by atoms with Gasteiger partial charge in [-0.25, -0.2) is 0 Å². The Morgan fingerprint density at radius 2 is 0.344 bits per heavy atom. The first-order chi connectivity index (χ1) is 46.7. The van der Waals surface area contributed by atoms with Crippen LogP contribution in [0.1, 0.15) is 55.6 Å². The van der Waals surface area contributed by atoms with Crippen molar-refractivity contribution in [1.29, 1.82) is 0 Å². The van der Waals surface area contributed by atoms with Gasteiger partial charge in [0.2, 0.25) is 0 Å². The van der Waals surface area contributed by atoms with E-state index in [9.17, 15) is 0 Å². The summed E-state index contributed by atoms with van der Waals surface area (Å²) in [6.07, 6.45) is 0. The molecule has 0 nitrogen and oxygen atoms in total. The molecule has 20 rings (SSSR count). The molecule has 0 heteroatoms. The van der Waals surface area contributed by atoms with Crippen molar-refractivity contribution in [2.75, 3.05) is 0 Å². The number of rotatable bonds is 0. The van der Waals surface area contributed by atoms with Gasteiger partial charge in [-0.05, 0) is 264 Å². The lowest BCUT2D eigenvalue weighted by atomic mass is 9.90. The van der Waals surface area contributed by atoms with Crippen molar-refractivity contribution in [1.82, 2.24) is 0 Å². The Morgan fingerprint density at radius 1 is 0.125 bits per heavy atom. The molecule has 0 N–H and O–H groups in total.